The van der Waals surface area contributed by atoms with Crippen LogP contribution in [0, 0.1) is 0 Å². The average molecular weight is 444 g/mol. The molecule has 0 bridgehead atoms. The van der Waals surface area contributed by atoms with Crippen molar-refractivity contribution in [3.63, 3.8) is 0 Å². The number of nitrogens with zero attached hydrogens (tertiary/aromatic N) is 3. The highest BCUT2D eigenvalue weighted by Crippen LogP contribution is 2.41. The minimum absolute atomic E-state index is 0.651. The molecule has 160 valence electrons. The van der Waals surface area contributed by atoms with Crippen LogP contribution in [0.25, 0.3) is 38.8 Å². The van der Waals surface area contributed by atoms with E-state index >= 15 is 0 Å². The fourth-order valence-corrected chi connectivity index (χ4v) is 4.32. The maximum atomic E-state index is 6.33. The van der Waals surface area contributed by atoms with E-state index in [4.69, 9.17) is 31.2 Å². The molecule has 5 rings (SSSR count). The Bertz CT molecular complexity index is 1440. The fourth-order valence-electron chi connectivity index (χ4n) is 4.13. The van der Waals surface area contributed by atoms with Crippen LogP contribution in [0.15, 0.2) is 66.7 Å². The van der Waals surface area contributed by atoms with Gasteiger partial charge in [0.15, 0.2) is 17.1 Å². The molecule has 5 nitrogen and oxygen atoms in total. The molecule has 0 unspecified atom stereocenters. The maximum absolute atomic E-state index is 6.33. The first-order valence-corrected chi connectivity index (χ1v) is 10.8. The number of hydrogen-bond acceptors (Lipinski definition) is 4. The number of aromatic nitrogens is 3. The lowest BCUT2D eigenvalue weighted by Crippen LogP contribution is -1.99. The standard InChI is InChI=1S/C26H22ClN3O2/c1-4-21-24-19-14-22(31-2)23(32-3)15-20(19)25(16-9-8-10-17(27)13-16)28-26(24)30(29-21)18-11-6-5-7-12-18/h5-15H,4H2,1-3H3. The molecular formula is C26H22ClN3O2. The minimum atomic E-state index is 0.651. The van der Waals surface area contributed by atoms with Crippen molar-refractivity contribution in [1.29, 1.82) is 0 Å². The number of ether oxygens (including phenoxy) is 2. The van der Waals surface area contributed by atoms with Gasteiger partial charge in [-0.05, 0) is 42.8 Å². The molecule has 3 aromatic carbocycles. The van der Waals surface area contributed by atoms with E-state index in [0.717, 1.165) is 50.9 Å². The van der Waals surface area contributed by atoms with Gasteiger partial charge < -0.3 is 9.47 Å². The first-order chi connectivity index (χ1) is 15.6. The summed E-state index contributed by atoms with van der Waals surface area (Å²) in [5, 5.41) is 8.58. The van der Waals surface area contributed by atoms with Gasteiger partial charge in [-0.25, -0.2) is 9.67 Å². The van der Waals surface area contributed by atoms with Crippen LogP contribution < -0.4 is 9.47 Å². The quantitative estimate of drug-likeness (QED) is 0.312. The van der Waals surface area contributed by atoms with Crippen molar-refractivity contribution in [2.45, 2.75) is 13.3 Å². The highest BCUT2D eigenvalue weighted by Gasteiger charge is 2.21. The molecule has 0 aliphatic carbocycles. The number of halogens is 1. The van der Waals surface area contributed by atoms with Crippen molar-refractivity contribution in [3.8, 4) is 28.4 Å². The lowest BCUT2D eigenvalue weighted by molar-refractivity contribution is 0.356. The molecule has 0 atom stereocenters. The third-order valence-corrected chi connectivity index (χ3v) is 5.87. The largest absolute Gasteiger partial charge is 0.493 e. The predicted octanol–water partition coefficient (Wildman–Crippen LogP) is 6.47. The molecular weight excluding hydrogens is 422 g/mol. The van der Waals surface area contributed by atoms with Crippen molar-refractivity contribution >= 4 is 33.4 Å². The Hall–Kier alpha value is -3.57. The van der Waals surface area contributed by atoms with Crippen LogP contribution in [-0.2, 0) is 6.42 Å². The number of methoxy groups -OCH3 is 2. The van der Waals surface area contributed by atoms with Crippen molar-refractivity contribution < 1.29 is 9.47 Å². The molecule has 2 heterocycles. The summed E-state index contributed by atoms with van der Waals surface area (Å²) < 4.78 is 13.1. The smallest absolute Gasteiger partial charge is 0.164 e. The number of para-hydroxylation sites is 1. The Morgan fingerprint density at radius 2 is 1.59 bits per heavy atom. The summed E-state index contributed by atoms with van der Waals surface area (Å²) in [6, 6.07) is 21.8. The summed E-state index contributed by atoms with van der Waals surface area (Å²) in [6.07, 6.45) is 0.776. The summed E-state index contributed by atoms with van der Waals surface area (Å²) in [6.45, 7) is 2.11. The summed E-state index contributed by atoms with van der Waals surface area (Å²) >= 11 is 6.33. The van der Waals surface area contributed by atoms with Crippen LogP contribution in [0.2, 0.25) is 5.02 Å². The van der Waals surface area contributed by atoms with Gasteiger partial charge in [0.1, 0.15) is 0 Å². The molecule has 2 aromatic heterocycles. The van der Waals surface area contributed by atoms with Crippen LogP contribution in [-0.4, -0.2) is 29.0 Å². The van der Waals surface area contributed by atoms with Crippen LogP contribution in [0.5, 0.6) is 11.5 Å². The van der Waals surface area contributed by atoms with Gasteiger partial charge in [-0.15, -0.1) is 0 Å². The second kappa shape index (κ2) is 8.17. The molecule has 0 aliphatic heterocycles. The highest BCUT2D eigenvalue weighted by molar-refractivity contribution is 6.31. The maximum Gasteiger partial charge on any atom is 0.164 e. The Morgan fingerprint density at radius 1 is 0.875 bits per heavy atom. The summed E-state index contributed by atoms with van der Waals surface area (Å²) in [5.41, 5.74) is 4.47. The first-order valence-electron chi connectivity index (χ1n) is 10.4. The molecule has 32 heavy (non-hydrogen) atoms. The van der Waals surface area contributed by atoms with Crippen LogP contribution in [0.4, 0.5) is 0 Å². The zero-order chi connectivity index (χ0) is 22.2. The minimum Gasteiger partial charge on any atom is -0.493 e. The predicted molar refractivity (Wildman–Crippen MR) is 129 cm³/mol. The molecule has 0 saturated carbocycles. The molecule has 5 aromatic rings. The molecule has 0 amide bonds. The van der Waals surface area contributed by atoms with Crippen molar-refractivity contribution in [3.05, 3.63) is 77.4 Å². The van der Waals surface area contributed by atoms with Gasteiger partial charge in [-0.1, -0.05) is 48.9 Å². The van der Waals surface area contributed by atoms with Gasteiger partial charge in [0.2, 0.25) is 0 Å². The summed E-state index contributed by atoms with van der Waals surface area (Å²) in [5.74, 6) is 1.32. The van der Waals surface area contributed by atoms with Crippen LogP contribution in [0.1, 0.15) is 12.6 Å². The Kier molecular flexibility index (Phi) is 5.19. The van der Waals surface area contributed by atoms with E-state index in [2.05, 4.69) is 6.92 Å². The van der Waals surface area contributed by atoms with Gasteiger partial charge >= 0.3 is 0 Å². The third-order valence-electron chi connectivity index (χ3n) is 5.63. The number of rotatable bonds is 5. The number of aryl methyl sites for hydroxylation is 1. The van der Waals surface area contributed by atoms with Crippen molar-refractivity contribution in [1.82, 2.24) is 14.8 Å². The molecule has 0 saturated heterocycles. The Balaban J connectivity index is 1.97. The van der Waals surface area contributed by atoms with E-state index in [1.165, 1.54) is 0 Å². The van der Waals surface area contributed by atoms with Gasteiger partial charge in [-0.2, -0.15) is 5.10 Å². The lowest BCUT2D eigenvalue weighted by atomic mass is 9.99. The number of fused-ring (bicyclic) bond motifs is 3. The van der Waals surface area contributed by atoms with Crippen LogP contribution in [0.3, 0.4) is 0 Å². The monoisotopic (exact) mass is 443 g/mol. The normalized spacial score (nSPS) is 11.2. The van der Waals surface area contributed by atoms with E-state index in [1.807, 2.05) is 71.4 Å². The Morgan fingerprint density at radius 3 is 2.25 bits per heavy atom. The molecule has 0 radical (unpaired) electrons. The number of hydrogen-bond donors (Lipinski definition) is 0. The molecule has 6 heteroatoms. The van der Waals surface area contributed by atoms with E-state index in [1.54, 1.807) is 14.2 Å². The Labute approximate surface area is 191 Å². The third kappa shape index (κ3) is 3.26. The average Bonchev–Trinajstić information content (AvgIpc) is 3.22. The second-order valence-electron chi connectivity index (χ2n) is 7.47. The molecule has 0 spiro atoms. The molecule has 0 N–H and O–H groups in total. The van der Waals surface area contributed by atoms with Gasteiger partial charge in [0.25, 0.3) is 0 Å². The topological polar surface area (TPSA) is 49.2 Å². The summed E-state index contributed by atoms with van der Waals surface area (Å²) in [7, 11) is 3.29. The first kappa shape index (κ1) is 20.3. The fraction of sp³-hybridized carbons (Fsp3) is 0.154. The zero-order valence-electron chi connectivity index (χ0n) is 18.1. The van der Waals surface area contributed by atoms with Gasteiger partial charge in [0, 0.05) is 21.4 Å². The number of pyridine rings is 1. The highest BCUT2D eigenvalue weighted by atomic mass is 35.5. The summed E-state index contributed by atoms with van der Waals surface area (Å²) in [4.78, 5) is 5.14. The lowest BCUT2D eigenvalue weighted by Gasteiger charge is -2.14. The van der Waals surface area contributed by atoms with E-state index in [9.17, 15) is 0 Å². The SMILES string of the molecule is CCc1nn(-c2ccccc2)c2nc(-c3cccc(Cl)c3)c3cc(OC)c(OC)cc3c12. The van der Waals surface area contributed by atoms with Crippen molar-refractivity contribution in [2.24, 2.45) is 0 Å². The number of benzene rings is 3. The molecule has 0 fully saturated rings. The van der Waals surface area contributed by atoms with Gasteiger partial charge in [-0.3, -0.25) is 0 Å². The zero-order valence-corrected chi connectivity index (χ0v) is 18.8. The van der Waals surface area contributed by atoms with Crippen molar-refractivity contribution in [2.75, 3.05) is 14.2 Å². The van der Waals surface area contributed by atoms with E-state index < -0.39 is 0 Å². The van der Waals surface area contributed by atoms with E-state index in [0.29, 0.717) is 16.5 Å². The van der Waals surface area contributed by atoms with Gasteiger partial charge in [0.05, 0.1) is 36.7 Å². The van der Waals surface area contributed by atoms with E-state index in [-0.39, 0.29) is 0 Å². The van der Waals surface area contributed by atoms with Crippen LogP contribution >= 0.6 is 11.6 Å². The second-order valence-corrected chi connectivity index (χ2v) is 7.91. The molecule has 0 aliphatic rings.